The number of cyclic esters (lactones) is 1. The van der Waals surface area contributed by atoms with Crippen LogP contribution < -0.4 is 4.90 Å². The van der Waals surface area contributed by atoms with Crippen molar-refractivity contribution in [2.75, 3.05) is 18.1 Å². The fourth-order valence-electron chi connectivity index (χ4n) is 1.68. The zero-order chi connectivity index (χ0) is 12.4. The molecule has 1 amide bonds. The van der Waals surface area contributed by atoms with Gasteiger partial charge >= 0.3 is 12.1 Å². The average Bonchev–Trinajstić information content (AvgIpc) is 2.29. The maximum Gasteiger partial charge on any atom is 0.414 e. The summed E-state index contributed by atoms with van der Waals surface area (Å²) in [6.45, 7) is 0.789. The largest absolute Gasteiger partial charge is 0.478 e. The van der Waals surface area contributed by atoms with Gasteiger partial charge in [0.25, 0.3) is 0 Å². The number of hydrogen-bond acceptors (Lipinski definition) is 3. The minimum absolute atomic E-state index is 0.0354. The van der Waals surface area contributed by atoms with Crippen molar-refractivity contribution in [1.29, 1.82) is 0 Å². The number of ether oxygens (including phenoxy) is 1. The summed E-state index contributed by atoms with van der Waals surface area (Å²) < 4.78 is 4.87. The van der Waals surface area contributed by atoms with Gasteiger partial charge in [0.05, 0.1) is 17.9 Å². The molecule has 1 aromatic rings. The van der Waals surface area contributed by atoms with Gasteiger partial charge in [-0.15, -0.1) is 0 Å². The summed E-state index contributed by atoms with van der Waals surface area (Å²) in [5.41, 5.74) is 0.308. The Kier molecular flexibility index (Phi) is 3.19. The zero-order valence-corrected chi connectivity index (χ0v) is 9.61. The third-order valence-corrected chi connectivity index (χ3v) is 2.69. The first kappa shape index (κ1) is 11.7. The lowest BCUT2D eigenvalue weighted by Gasteiger charge is -2.27. The molecule has 17 heavy (non-hydrogen) atoms. The van der Waals surface area contributed by atoms with Crippen molar-refractivity contribution in [3.8, 4) is 0 Å². The van der Waals surface area contributed by atoms with E-state index in [4.69, 9.17) is 21.4 Å². The van der Waals surface area contributed by atoms with Gasteiger partial charge < -0.3 is 9.84 Å². The highest BCUT2D eigenvalue weighted by Gasteiger charge is 2.25. The van der Waals surface area contributed by atoms with E-state index < -0.39 is 12.1 Å². The summed E-state index contributed by atoms with van der Waals surface area (Å²) in [4.78, 5) is 23.9. The molecule has 5 nitrogen and oxygen atoms in total. The number of carbonyl (C=O) groups is 2. The summed E-state index contributed by atoms with van der Waals surface area (Å²) in [5, 5.41) is 9.43. The van der Waals surface area contributed by atoms with E-state index in [2.05, 4.69) is 0 Å². The predicted molar refractivity (Wildman–Crippen MR) is 61.7 cm³/mol. The summed E-state index contributed by atoms with van der Waals surface area (Å²) in [5.74, 6) is -1.10. The molecule has 0 atom stereocenters. The van der Waals surface area contributed by atoms with Gasteiger partial charge in [-0.2, -0.15) is 0 Å². The van der Waals surface area contributed by atoms with Crippen LogP contribution in [0, 0.1) is 0 Å². The second-order valence-corrected chi connectivity index (χ2v) is 4.02. The van der Waals surface area contributed by atoms with Crippen molar-refractivity contribution in [2.45, 2.75) is 6.42 Å². The SMILES string of the molecule is O=C(O)c1ccc(Cl)cc1N1CCCOC1=O. The fraction of sp³-hybridized carbons (Fsp3) is 0.273. The fourth-order valence-corrected chi connectivity index (χ4v) is 1.85. The van der Waals surface area contributed by atoms with Crippen LogP contribution in [0.5, 0.6) is 0 Å². The lowest BCUT2D eigenvalue weighted by Crippen LogP contribution is -2.38. The van der Waals surface area contributed by atoms with Crippen LogP contribution in [0.25, 0.3) is 0 Å². The topological polar surface area (TPSA) is 66.8 Å². The first-order chi connectivity index (χ1) is 8.09. The first-order valence-electron chi connectivity index (χ1n) is 5.07. The van der Waals surface area contributed by atoms with Gasteiger partial charge in [0, 0.05) is 11.6 Å². The molecule has 0 spiro atoms. The molecule has 0 bridgehead atoms. The van der Waals surface area contributed by atoms with Crippen molar-refractivity contribution >= 4 is 29.4 Å². The van der Waals surface area contributed by atoms with Gasteiger partial charge in [-0.3, -0.25) is 4.90 Å². The second-order valence-electron chi connectivity index (χ2n) is 3.59. The lowest BCUT2D eigenvalue weighted by atomic mass is 10.1. The monoisotopic (exact) mass is 255 g/mol. The molecule has 0 saturated carbocycles. The van der Waals surface area contributed by atoms with Gasteiger partial charge in [0.15, 0.2) is 0 Å². The van der Waals surface area contributed by atoms with Crippen LogP contribution in [0.4, 0.5) is 10.5 Å². The normalized spacial score (nSPS) is 15.6. The molecule has 1 aliphatic rings. The molecule has 90 valence electrons. The molecule has 1 saturated heterocycles. The Morgan fingerprint density at radius 2 is 2.24 bits per heavy atom. The molecule has 0 unspecified atom stereocenters. The van der Waals surface area contributed by atoms with Gasteiger partial charge in [0.1, 0.15) is 0 Å². The van der Waals surface area contributed by atoms with Gasteiger partial charge in [-0.05, 0) is 24.6 Å². The Hall–Kier alpha value is -1.75. The molecule has 6 heteroatoms. The number of nitrogens with zero attached hydrogens (tertiary/aromatic N) is 1. The van der Waals surface area contributed by atoms with Crippen LogP contribution in [0.3, 0.4) is 0 Å². The van der Waals surface area contributed by atoms with E-state index in [1.165, 1.54) is 23.1 Å². The Balaban J connectivity index is 2.45. The van der Waals surface area contributed by atoms with Crippen molar-refractivity contribution < 1.29 is 19.4 Å². The Labute approximate surface area is 103 Å². The highest BCUT2D eigenvalue weighted by atomic mass is 35.5. The number of rotatable bonds is 2. The maximum atomic E-state index is 11.5. The quantitative estimate of drug-likeness (QED) is 0.881. The number of halogens is 1. The van der Waals surface area contributed by atoms with E-state index in [9.17, 15) is 9.59 Å². The number of hydrogen-bond donors (Lipinski definition) is 1. The second kappa shape index (κ2) is 4.63. The molecule has 0 aromatic heterocycles. The summed E-state index contributed by atoms with van der Waals surface area (Å²) in [7, 11) is 0. The molecule has 1 aliphatic heterocycles. The Morgan fingerprint density at radius 3 is 2.88 bits per heavy atom. The van der Waals surface area contributed by atoms with E-state index in [0.29, 0.717) is 24.6 Å². The minimum Gasteiger partial charge on any atom is -0.478 e. The number of anilines is 1. The number of carboxylic acid groups (broad SMARTS) is 1. The van der Waals surface area contributed by atoms with Crippen molar-refractivity contribution in [1.82, 2.24) is 0 Å². The van der Waals surface area contributed by atoms with E-state index in [-0.39, 0.29) is 11.3 Å². The number of amides is 1. The molecular weight excluding hydrogens is 246 g/mol. The minimum atomic E-state index is -1.10. The number of carbonyl (C=O) groups excluding carboxylic acids is 1. The summed E-state index contributed by atoms with van der Waals surface area (Å²) >= 11 is 5.82. The van der Waals surface area contributed by atoms with E-state index >= 15 is 0 Å². The zero-order valence-electron chi connectivity index (χ0n) is 8.85. The van der Waals surface area contributed by atoms with Crippen molar-refractivity contribution in [3.63, 3.8) is 0 Å². The Bertz CT molecular complexity index is 475. The summed E-state index contributed by atoms with van der Waals surface area (Å²) in [6.07, 6.45) is 0.123. The van der Waals surface area contributed by atoms with E-state index in [1.807, 2.05) is 0 Å². The lowest BCUT2D eigenvalue weighted by molar-refractivity contribution is 0.0697. The van der Waals surface area contributed by atoms with Gasteiger partial charge in [-0.1, -0.05) is 11.6 Å². The van der Waals surface area contributed by atoms with E-state index in [1.54, 1.807) is 0 Å². The van der Waals surface area contributed by atoms with Crippen molar-refractivity contribution in [3.05, 3.63) is 28.8 Å². The molecular formula is C11H10ClNO4. The summed E-state index contributed by atoms with van der Waals surface area (Å²) in [6, 6.07) is 4.31. The van der Waals surface area contributed by atoms with Crippen LogP contribution in [0.15, 0.2) is 18.2 Å². The van der Waals surface area contributed by atoms with Gasteiger partial charge in [0.2, 0.25) is 0 Å². The van der Waals surface area contributed by atoms with Crippen LogP contribution >= 0.6 is 11.6 Å². The van der Waals surface area contributed by atoms with Gasteiger partial charge in [-0.25, -0.2) is 9.59 Å². The third kappa shape index (κ3) is 2.34. The third-order valence-electron chi connectivity index (χ3n) is 2.45. The molecule has 1 fully saturated rings. The Morgan fingerprint density at radius 1 is 1.47 bits per heavy atom. The highest BCUT2D eigenvalue weighted by molar-refractivity contribution is 6.31. The first-order valence-corrected chi connectivity index (χ1v) is 5.44. The molecule has 1 N–H and O–H groups in total. The maximum absolute atomic E-state index is 11.5. The number of benzene rings is 1. The molecule has 1 aromatic carbocycles. The molecule has 1 heterocycles. The number of aromatic carboxylic acids is 1. The predicted octanol–water partition coefficient (Wildman–Crippen LogP) is 2.38. The van der Waals surface area contributed by atoms with E-state index in [0.717, 1.165) is 0 Å². The van der Waals surface area contributed by atoms with Crippen LogP contribution in [-0.4, -0.2) is 30.3 Å². The van der Waals surface area contributed by atoms with Crippen LogP contribution in [-0.2, 0) is 4.74 Å². The molecule has 0 aliphatic carbocycles. The number of carboxylic acids is 1. The average molecular weight is 256 g/mol. The standard InChI is InChI=1S/C11H10ClNO4/c12-7-2-3-8(10(14)15)9(6-7)13-4-1-5-17-11(13)16/h2-3,6H,1,4-5H2,(H,14,15). The highest BCUT2D eigenvalue weighted by Crippen LogP contribution is 2.27. The molecule has 2 rings (SSSR count). The smallest absolute Gasteiger partial charge is 0.414 e. The molecule has 0 radical (unpaired) electrons. The van der Waals surface area contributed by atoms with Crippen LogP contribution in [0.1, 0.15) is 16.8 Å². The van der Waals surface area contributed by atoms with Crippen molar-refractivity contribution in [2.24, 2.45) is 0 Å². The van der Waals surface area contributed by atoms with Crippen LogP contribution in [0.2, 0.25) is 5.02 Å².